The van der Waals surface area contributed by atoms with Gasteiger partial charge in [-0.2, -0.15) is 0 Å². The summed E-state index contributed by atoms with van der Waals surface area (Å²) in [6, 6.07) is 9.30. The van der Waals surface area contributed by atoms with E-state index in [0.29, 0.717) is 5.92 Å². The van der Waals surface area contributed by atoms with Gasteiger partial charge in [-0.15, -0.1) is 0 Å². The first-order valence-corrected chi connectivity index (χ1v) is 8.46. The molecule has 2 aliphatic rings. The highest BCUT2D eigenvalue weighted by Gasteiger charge is 2.25. The summed E-state index contributed by atoms with van der Waals surface area (Å²) in [7, 11) is 2.37. The van der Waals surface area contributed by atoms with Gasteiger partial charge in [-0.05, 0) is 37.2 Å². The van der Waals surface area contributed by atoms with Gasteiger partial charge in [0.1, 0.15) is 6.54 Å². The number of rotatable bonds is 3. The summed E-state index contributed by atoms with van der Waals surface area (Å²) in [5, 5.41) is 13.1. The molecule has 0 aromatic heterocycles. The van der Waals surface area contributed by atoms with Crippen molar-refractivity contribution in [2.45, 2.75) is 44.2 Å². The van der Waals surface area contributed by atoms with Gasteiger partial charge in [-0.25, -0.2) is 0 Å². The number of aliphatic hydroxyl groups is 1. The van der Waals surface area contributed by atoms with Crippen LogP contribution in [0.25, 0.3) is 0 Å². The number of benzene rings is 1. The van der Waals surface area contributed by atoms with E-state index < -0.39 is 0 Å². The maximum Gasteiger partial charge on any atom is 0.104 e. The minimum Gasteiger partial charge on any atom is -0.393 e. The summed E-state index contributed by atoms with van der Waals surface area (Å²) in [5.41, 5.74) is 2.92. The average molecular weight is 289 g/mol. The van der Waals surface area contributed by atoms with Gasteiger partial charge in [0.2, 0.25) is 0 Å². The van der Waals surface area contributed by atoms with Crippen molar-refractivity contribution in [3.63, 3.8) is 0 Å². The lowest BCUT2D eigenvalue weighted by atomic mass is 9.82. The van der Waals surface area contributed by atoms with E-state index in [9.17, 15) is 5.11 Å². The first-order valence-electron chi connectivity index (χ1n) is 8.46. The molecule has 0 radical (unpaired) electrons. The van der Waals surface area contributed by atoms with Crippen LogP contribution in [0.4, 0.5) is 0 Å². The zero-order valence-electron chi connectivity index (χ0n) is 13.2. The van der Waals surface area contributed by atoms with Gasteiger partial charge in [-0.3, -0.25) is 0 Å². The maximum atomic E-state index is 9.62. The normalized spacial score (nSPS) is 29.2. The fourth-order valence-electron chi connectivity index (χ4n) is 3.84. The van der Waals surface area contributed by atoms with E-state index in [4.69, 9.17) is 0 Å². The number of likely N-dealkylation sites (N-methyl/N-ethyl adjacent to an activating group) is 1. The second kappa shape index (κ2) is 6.47. The zero-order valence-corrected chi connectivity index (χ0v) is 13.2. The minimum absolute atomic E-state index is 0.0577. The molecular weight excluding hydrogens is 260 g/mol. The van der Waals surface area contributed by atoms with E-state index >= 15 is 0 Å². The van der Waals surface area contributed by atoms with E-state index in [1.807, 2.05) is 0 Å². The standard InChI is InChI=1S/C18H29N2O/c1-20(12-10-19-11-13-20)14-15-2-4-16(5-3-15)17-6-8-18(21)9-7-17/h2-5,17-19,21H,6-14H2,1H3/q+1. The van der Waals surface area contributed by atoms with E-state index in [-0.39, 0.29) is 6.10 Å². The lowest BCUT2D eigenvalue weighted by molar-refractivity contribution is -0.924. The molecule has 2 N–H and O–H groups in total. The molecule has 0 amide bonds. The first-order chi connectivity index (χ1) is 10.1. The van der Waals surface area contributed by atoms with Crippen molar-refractivity contribution in [3.8, 4) is 0 Å². The molecule has 0 bridgehead atoms. The third-order valence-electron chi connectivity index (χ3n) is 5.37. The predicted octanol–water partition coefficient (Wildman–Crippen LogP) is 2.25. The van der Waals surface area contributed by atoms with Gasteiger partial charge >= 0.3 is 0 Å². The molecule has 3 heteroatoms. The molecule has 1 aliphatic carbocycles. The molecule has 2 fully saturated rings. The van der Waals surface area contributed by atoms with Gasteiger partial charge < -0.3 is 14.9 Å². The van der Waals surface area contributed by atoms with Crippen LogP contribution in [0, 0.1) is 0 Å². The van der Waals surface area contributed by atoms with Crippen LogP contribution in [0.2, 0.25) is 0 Å². The van der Waals surface area contributed by atoms with E-state index in [2.05, 4.69) is 36.6 Å². The molecule has 1 aromatic rings. The van der Waals surface area contributed by atoms with Crippen molar-refractivity contribution >= 4 is 0 Å². The maximum absolute atomic E-state index is 9.62. The van der Waals surface area contributed by atoms with E-state index in [1.165, 1.54) is 24.2 Å². The number of quaternary nitrogens is 1. The largest absolute Gasteiger partial charge is 0.393 e. The van der Waals surface area contributed by atoms with Crippen LogP contribution in [-0.2, 0) is 6.54 Å². The van der Waals surface area contributed by atoms with Crippen LogP contribution in [0.1, 0.15) is 42.7 Å². The topological polar surface area (TPSA) is 32.3 Å². The van der Waals surface area contributed by atoms with Crippen molar-refractivity contribution in [1.82, 2.24) is 5.32 Å². The van der Waals surface area contributed by atoms with Gasteiger partial charge in [0, 0.05) is 18.7 Å². The average Bonchev–Trinajstić information content (AvgIpc) is 2.49. The van der Waals surface area contributed by atoms with Crippen molar-refractivity contribution in [3.05, 3.63) is 35.4 Å². The number of hydrogen-bond acceptors (Lipinski definition) is 2. The molecule has 3 rings (SSSR count). The van der Waals surface area contributed by atoms with Crippen LogP contribution in [-0.4, -0.2) is 48.9 Å². The fourth-order valence-corrected chi connectivity index (χ4v) is 3.84. The molecule has 1 saturated carbocycles. The Hall–Kier alpha value is -0.900. The summed E-state index contributed by atoms with van der Waals surface area (Å²) in [5.74, 6) is 0.659. The Morgan fingerprint density at radius 3 is 2.29 bits per heavy atom. The van der Waals surface area contributed by atoms with Gasteiger partial charge in [0.15, 0.2) is 0 Å². The molecule has 1 aromatic carbocycles. The Bertz CT molecular complexity index is 443. The van der Waals surface area contributed by atoms with Crippen LogP contribution in [0.3, 0.4) is 0 Å². The molecule has 1 heterocycles. The summed E-state index contributed by atoms with van der Waals surface area (Å²) >= 11 is 0. The van der Waals surface area contributed by atoms with E-state index in [1.54, 1.807) is 0 Å². The number of aliphatic hydroxyl groups excluding tert-OH is 1. The van der Waals surface area contributed by atoms with Crippen molar-refractivity contribution in [2.75, 3.05) is 33.2 Å². The van der Waals surface area contributed by atoms with E-state index in [0.717, 1.165) is 49.8 Å². The second-order valence-electron chi connectivity index (χ2n) is 7.22. The molecule has 1 saturated heterocycles. The van der Waals surface area contributed by atoms with Crippen LogP contribution < -0.4 is 5.32 Å². The molecular formula is C18H29N2O+. The molecule has 116 valence electrons. The van der Waals surface area contributed by atoms with Crippen LogP contribution in [0.5, 0.6) is 0 Å². The Morgan fingerprint density at radius 2 is 1.67 bits per heavy atom. The number of hydrogen-bond donors (Lipinski definition) is 2. The summed E-state index contributed by atoms with van der Waals surface area (Å²) in [4.78, 5) is 0. The predicted molar refractivity (Wildman–Crippen MR) is 86.1 cm³/mol. The first kappa shape index (κ1) is 15.0. The second-order valence-corrected chi connectivity index (χ2v) is 7.22. The third-order valence-corrected chi connectivity index (χ3v) is 5.37. The smallest absolute Gasteiger partial charge is 0.104 e. The Kier molecular flexibility index (Phi) is 4.63. The Balaban J connectivity index is 1.61. The summed E-state index contributed by atoms with van der Waals surface area (Å²) in [6.45, 7) is 5.87. The zero-order chi connectivity index (χ0) is 14.7. The highest BCUT2D eigenvalue weighted by Crippen LogP contribution is 2.33. The molecule has 0 unspecified atom stereocenters. The van der Waals surface area contributed by atoms with Gasteiger partial charge in [0.25, 0.3) is 0 Å². The summed E-state index contributed by atoms with van der Waals surface area (Å²) < 4.78 is 1.15. The van der Waals surface area contributed by atoms with Gasteiger partial charge in [-0.1, -0.05) is 24.3 Å². The lowest BCUT2D eigenvalue weighted by Crippen LogP contribution is -2.55. The highest BCUT2D eigenvalue weighted by atomic mass is 16.3. The molecule has 3 nitrogen and oxygen atoms in total. The molecule has 21 heavy (non-hydrogen) atoms. The fraction of sp³-hybridized carbons (Fsp3) is 0.667. The number of piperazine rings is 1. The van der Waals surface area contributed by atoms with Gasteiger partial charge in [0.05, 0.1) is 26.2 Å². The van der Waals surface area contributed by atoms with Crippen LogP contribution >= 0.6 is 0 Å². The monoisotopic (exact) mass is 289 g/mol. The Morgan fingerprint density at radius 1 is 1.05 bits per heavy atom. The van der Waals surface area contributed by atoms with Crippen molar-refractivity contribution in [1.29, 1.82) is 0 Å². The Labute approximate surface area is 128 Å². The highest BCUT2D eigenvalue weighted by molar-refractivity contribution is 5.25. The lowest BCUT2D eigenvalue weighted by Gasteiger charge is -2.38. The van der Waals surface area contributed by atoms with Crippen LogP contribution in [0.15, 0.2) is 24.3 Å². The van der Waals surface area contributed by atoms with Crippen molar-refractivity contribution < 1.29 is 9.59 Å². The molecule has 0 spiro atoms. The number of nitrogens with one attached hydrogen (secondary N) is 1. The quantitative estimate of drug-likeness (QED) is 0.837. The minimum atomic E-state index is -0.0577. The SMILES string of the molecule is C[N+]1(Cc2ccc(C3CCC(O)CC3)cc2)CCNCC1. The number of nitrogens with zero attached hydrogens (tertiary/aromatic N) is 1. The summed E-state index contributed by atoms with van der Waals surface area (Å²) in [6.07, 6.45) is 4.15. The third kappa shape index (κ3) is 3.85. The molecule has 1 aliphatic heterocycles. The molecule has 0 atom stereocenters. The van der Waals surface area contributed by atoms with Crippen molar-refractivity contribution in [2.24, 2.45) is 0 Å².